The molecule has 0 aliphatic carbocycles. The molecule has 1 aromatic carbocycles. The highest BCUT2D eigenvalue weighted by Gasteiger charge is 2.29. The third-order valence-corrected chi connectivity index (χ3v) is 4.18. The minimum absolute atomic E-state index is 0.0277. The summed E-state index contributed by atoms with van der Waals surface area (Å²) in [6.07, 6.45) is 0.825. The molecule has 0 aromatic heterocycles. The van der Waals surface area contributed by atoms with Gasteiger partial charge in [-0.05, 0) is 58.9 Å². The molecule has 0 radical (unpaired) electrons. The summed E-state index contributed by atoms with van der Waals surface area (Å²) < 4.78 is 10.9. The van der Waals surface area contributed by atoms with Crippen LogP contribution in [0.4, 0.5) is 0 Å². The second-order valence-corrected chi connectivity index (χ2v) is 7.06. The Morgan fingerprint density at radius 1 is 1.16 bits per heavy atom. The summed E-state index contributed by atoms with van der Waals surface area (Å²) in [5.41, 5.74) is 1.07. The zero-order valence-corrected chi connectivity index (χ0v) is 16.0. The van der Waals surface area contributed by atoms with Gasteiger partial charge in [0.15, 0.2) is 6.10 Å². The maximum Gasteiger partial charge on any atom is 0.338 e. The van der Waals surface area contributed by atoms with Crippen LogP contribution in [0.25, 0.3) is 6.08 Å². The van der Waals surface area contributed by atoms with Gasteiger partial charge < -0.3 is 14.4 Å². The van der Waals surface area contributed by atoms with Gasteiger partial charge in [-0.3, -0.25) is 4.79 Å². The van der Waals surface area contributed by atoms with Gasteiger partial charge in [0.25, 0.3) is 5.91 Å². The Hall–Kier alpha value is -2.01. The van der Waals surface area contributed by atoms with E-state index in [0.717, 1.165) is 5.56 Å². The third kappa shape index (κ3) is 4.54. The maximum atomic E-state index is 12.6. The van der Waals surface area contributed by atoms with Crippen molar-refractivity contribution in [2.24, 2.45) is 0 Å². The van der Waals surface area contributed by atoms with Crippen molar-refractivity contribution >= 4 is 29.6 Å². The van der Waals surface area contributed by atoms with Crippen molar-refractivity contribution in [3.8, 4) is 5.75 Å². The zero-order valence-electron chi connectivity index (χ0n) is 15.2. The fourth-order valence-electron chi connectivity index (χ4n) is 2.87. The lowest BCUT2D eigenvalue weighted by Crippen LogP contribution is -2.47. The number of fused-ring (bicyclic) bond motifs is 1. The van der Waals surface area contributed by atoms with E-state index in [1.165, 1.54) is 0 Å². The molecular formula is C19H24ClNO4. The quantitative estimate of drug-likeness (QED) is 0.747. The van der Waals surface area contributed by atoms with Crippen LogP contribution in [-0.4, -0.2) is 41.6 Å². The van der Waals surface area contributed by atoms with Gasteiger partial charge in [0.1, 0.15) is 12.4 Å². The fourth-order valence-corrected chi connectivity index (χ4v) is 3.05. The van der Waals surface area contributed by atoms with Crippen molar-refractivity contribution in [1.29, 1.82) is 0 Å². The molecule has 2 rings (SSSR count). The van der Waals surface area contributed by atoms with Crippen LogP contribution in [0.1, 0.15) is 40.2 Å². The molecule has 1 atom stereocenters. The molecule has 0 N–H and O–H groups in total. The standard InChI is InChI=1S/C19H24ClNO4/c1-11(2)21(12(3)4)18(22)13(5)25-19(23)15-8-14-9-16(20)6-7-17(14)24-10-15/h6-9,11-13H,10H2,1-5H3. The summed E-state index contributed by atoms with van der Waals surface area (Å²) in [7, 11) is 0. The van der Waals surface area contributed by atoms with E-state index in [1.807, 2.05) is 27.7 Å². The van der Waals surface area contributed by atoms with E-state index >= 15 is 0 Å². The molecule has 136 valence electrons. The van der Waals surface area contributed by atoms with Crippen molar-refractivity contribution in [2.75, 3.05) is 6.61 Å². The molecule has 1 unspecified atom stereocenters. The number of nitrogens with zero attached hydrogens (tertiary/aromatic N) is 1. The normalized spacial score (nSPS) is 14.5. The van der Waals surface area contributed by atoms with Crippen LogP contribution in [0.5, 0.6) is 5.75 Å². The number of hydrogen-bond acceptors (Lipinski definition) is 4. The number of amides is 1. The number of carbonyl (C=O) groups is 2. The van der Waals surface area contributed by atoms with E-state index in [0.29, 0.717) is 16.3 Å². The maximum absolute atomic E-state index is 12.6. The van der Waals surface area contributed by atoms with Crippen LogP contribution in [0.2, 0.25) is 5.02 Å². The molecule has 1 aliphatic heterocycles. The van der Waals surface area contributed by atoms with Crippen LogP contribution in [0.15, 0.2) is 23.8 Å². The van der Waals surface area contributed by atoms with Gasteiger partial charge in [0, 0.05) is 22.7 Å². The monoisotopic (exact) mass is 365 g/mol. The molecular weight excluding hydrogens is 342 g/mol. The fraction of sp³-hybridized carbons (Fsp3) is 0.474. The molecule has 1 aliphatic rings. The molecule has 1 amide bonds. The second kappa shape index (κ2) is 7.91. The lowest BCUT2D eigenvalue weighted by Gasteiger charge is -2.32. The molecule has 0 saturated heterocycles. The first-order valence-corrected chi connectivity index (χ1v) is 8.74. The number of carbonyl (C=O) groups excluding carboxylic acids is 2. The smallest absolute Gasteiger partial charge is 0.338 e. The Kier molecular flexibility index (Phi) is 6.11. The average Bonchev–Trinajstić information content (AvgIpc) is 2.53. The lowest BCUT2D eigenvalue weighted by atomic mass is 10.1. The third-order valence-electron chi connectivity index (χ3n) is 3.95. The summed E-state index contributed by atoms with van der Waals surface area (Å²) in [4.78, 5) is 26.7. The van der Waals surface area contributed by atoms with Crippen LogP contribution in [0.3, 0.4) is 0 Å². The highest BCUT2D eigenvalue weighted by molar-refractivity contribution is 6.30. The number of benzene rings is 1. The van der Waals surface area contributed by atoms with E-state index < -0.39 is 12.1 Å². The summed E-state index contributed by atoms with van der Waals surface area (Å²) in [5, 5.41) is 0.557. The Morgan fingerprint density at radius 2 is 1.80 bits per heavy atom. The van der Waals surface area contributed by atoms with Gasteiger partial charge in [0.05, 0.1) is 5.57 Å². The van der Waals surface area contributed by atoms with Gasteiger partial charge in [-0.2, -0.15) is 0 Å². The Bertz CT molecular complexity index is 689. The summed E-state index contributed by atoms with van der Waals surface area (Å²) in [6.45, 7) is 9.43. The van der Waals surface area contributed by atoms with E-state index in [1.54, 1.807) is 36.1 Å². The number of esters is 1. The Morgan fingerprint density at radius 3 is 2.40 bits per heavy atom. The van der Waals surface area contributed by atoms with Crippen LogP contribution in [0, 0.1) is 0 Å². The topological polar surface area (TPSA) is 55.8 Å². The van der Waals surface area contributed by atoms with Crippen LogP contribution in [-0.2, 0) is 14.3 Å². The van der Waals surface area contributed by atoms with Crippen molar-refractivity contribution in [1.82, 2.24) is 4.90 Å². The highest BCUT2D eigenvalue weighted by Crippen LogP contribution is 2.29. The SMILES string of the molecule is CC(OC(=O)C1=Cc2cc(Cl)ccc2OC1)C(=O)N(C(C)C)C(C)C. The molecule has 5 nitrogen and oxygen atoms in total. The molecule has 1 heterocycles. The lowest BCUT2D eigenvalue weighted by molar-refractivity contribution is -0.158. The molecule has 0 fully saturated rings. The first kappa shape index (κ1) is 19.3. The molecule has 0 saturated carbocycles. The Labute approximate surface area is 153 Å². The minimum Gasteiger partial charge on any atom is -0.488 e. The van der Waals surface area contributed by atoms with Crippen LogP contribution >= 0.6 is 11.6 Å². The van der Waals surface area contributed by atoms with Gasteiger partial charge in [0.2, 0.25) is 0 Å². The van der Waals surface area contributed by atoms with E-state index in [4.69, 9.17) is 21.1 Å². The molecule has 25 heavy (non-hydrogen) atoms. The van der Waals surface area contributed by atoms with E-state index in [-0.39, 0.29) is 24.6 Å². The van der Waals surface area contributed by atoms with Gasteiger partial charge in [-0.25, -0.2) is 4.79 Å². The predicted molar refractivity (Wildman–Crippen MR) is 97.6 cm³/mol. The minimum atomic E-state index is -0.862. The highest BCUT2D eigenvalue weighted by atomic mass is 35.5. The molecule has 1 aromatic rings. The van der Waals surface area contributed by atoms with Crippen molar-refractivity contribution in [2.45, 2.75) is 52.8 Å². The first-order valence-electron chi connectivity index (χ1n) is 8.36. The number of rotatable bonds is 5. The van der Waals surface area contributed by atoms with Gasteiger partial charge >= 0.3 is 5.97 Å². The summed E-state index contributed by atoms with van der Waals surface area (Å²) >= 11 is 5.97. The number of ether oxygens (including phenoxy) is 2. The van der Waals surface area contributed by atoms with Crippen molar-refractivity contribution in [3.05, 3.63) is 34.4 Å². The van der Waals surface area contributed by atoms with Gasteiger partial charge in [-0.15, -0.1) is 0 Å². The van der Waals surface area contributed by atoms with E-state index in [9.17, 15) is 9.59 Å². The number of halogens is 1. The Balaban J connectivity index is 2.10. The zero-order chi connectivity index (χ0) is 18.7. The summed E-state index contributed by atoms with van der Waals surface area (Å²) in [5.74, 6) is -0.103. The average molecular weight is 366 g/mol. The predicted octanol–water partition coefficient (Wildman–Crippen LogP) is 3.69. The van der Waals surface area contributed by atoms with Crippen molar-refractivity contribution in [3.63, 3.8) is 0 Å². The molecule has 0 bridgehead atoms. The second-order valence-electron chi connectivity index (χ2n) is 6.62. The molecule has 6 heteroatoms. The first-order chi connectivity index (χ1) is 11.7. The van der Waals surface area contributed by atoms with E-state index in [2.05, 4.69) is 0 Å². The van der Waals surface area contributed by atoms with Gasteiger partial charge in [-0.1, -0.05) is 11.6 Å². The molecule has 0 spiro atoms. The van der Waals surface area contributed by atoms with Crippen molar-refractivity contribution < 1.29 is 19.1 Å². The van der Waals surface area contributed by atoms with Crippen LogP contribution < -0.4 is 4.74 Å². The summed E-state index contributed by atoms with van der Waals surface area (Å²) in [6, 6.07) is 5.26. The largest absolute Gasteiger partial charge is 0.488 e. The number of hydrogen-bond donors (Lipinski definition) is 0.